The summed E-state index contributed by atoms with van der Waals surface area (Å²) in [6.45, 7) is 13.3. The van der Waals surface area contributed by atoms with Crippen LogP contribution in [0.3, 0.4) is 0 Å². The van der Waals surface area contributed by atoms with Gasteiger partial charge in [-0.2, -0.15) is 0 Å². The lowest BCUT2D eigenvalue weighted by Gasteiger charge is -2.22. The molecular weight excluding hydrogens is 278 g/mol. The highest BCUT2D eigenvalue weighted by Gasteiger charge is 2.17. The number of carbonyl (C=O) groups excluding carboxylic acids is 1. The number of aromatic nitrogens is 1. The van der Waals surface area contributed by atoms with Crippen molar-refractivity contribution in [3.8, 4) is 0 Å². The standard InChI is InChI=1S/C17H31N3O2/c1-8-15(11-19-16(21)22-17(4,5)6)18-10-14-9-12(2)20(7)13(14)3/h9,15,18H,8,10-11H2,1-7H3,(H,19,21). The van der Waals surface area contributed by atoms with E-state index in [4.69, 9.17) is 4.74 Å². The molecule has 22 heavy (non-hydrogen) atoms. The molecule has 0 bridgehead atoms. The van der Waals surface area contributed by atoms with E-state index in [9.17, 15) is 4.79 Å². The van der Waals surface area contributed by atoms with Crippen molar-refractivity contribution in [1.29, 1.82) is 0 Å². The van der Waals surface area contributed by atoms with Gasteiger partial charge in [0.2, 0.25) is 0 Å². The number of ether oxygens (including phenoxy) is 1. The molecule has 1 amide bonds. The minimum atomic E-state index is -0.460. The number of rotatable bonds is 6. The van der Waals surface area contributed by atoms with E-state index < -0.39 is 5.60 Å². The summed E-state index contributed by atoms with van der Waals surface area (Å²) >= 11 is 0. The number of aryl methyl sites for hydroxylation is 1. The summed E-state index contributed by atoms with van der Waals surface area (Å²) in [5.41, 5.74) is 3.38. The van der Waals surface area contributed by atoms with Gasteiger partial charge >= 0.3 is 6.09 Å². The summed E-state index contributed by atoms with van der Waals surface area (Å²) < 4.78 is 7.44. The molecule has 5 nitrogen and oxygen atoms in total. The zero-order valence-electron chi connectivity index (χ0n) is 15.0. The van der Waals surface area contributed by atoms with E-state index >= 15 is 0 Å². The van der Waals surface area contributed by atoms with Crippen molar-refractivity contribution in [2.45, 2.75) is 66.2 Å². The molecule has 5 heteroatoms. The Hall–Kier alpha value is -1.49. The highest BCUT2D eigenvalue weighted by Crippen LogP contribution is 2.13. The Bertz CT molecular complexity index is 501. The second kappa shape index (κ2) is 7.68. The maximum atomic E-state index is 11.7. The largest absolute Gasteiger partial charge is 0.444 e. The summed E-state index contributed by atoms with van der Waals surface area (Å²) in [6.07, 6.45) is 0.584. The molecule has 0 aliphatic carbocycles. The minimum absolute atomic E-state index is 0.229. The molecule has 0 spiro atoms. The second-order valence-corrected chi connectivity index (χ2v) is 6.82. The average molecular weight is 309 g/mol. The molecule has 0 saturated heterocycles. The third-order valence-corrected chi connectivity index (χ3v) is 3.85. The minimum Gasteiger partial charge on any atom is -0.444 e. The number of carbonyl (C=O) groups is 1. The van der Waals surface area contributed by atoms with Crippen molar-refractivity contribution in [2.24, 2.45) is 7.05 Å². The van der Waals surface area contributed by atoms with Crippen LogP contribution in [-0.2, 0) is 18.3 Å². The molecule has 1 heterocycles. The van der Waals surface area contributed by atoms with Gasteiger partial charge in [0.1, 0.15) is 5.60 Å². The summed E-state index contributed by atoms with van der Waals surface area (Å²) in [5.74, 6) is 0. The number of hydrogen-bond acceptors (Lipinski definition) is 3. The van der Waals surface area contributed by atoms with Crippen LogP contribution in [0, 0.1) is 13.8 Å². The maximum absolute atomic E-state index is 11.7. The highest BCUT2D eigenvalue weighted by molar-refractivity contribution is 5.67. The molecule has 0 saturated carbocycles. The van der Waals surface area contributed by atoms with Gasteiger partial charge in [0.15, 0.2) is 0 Å². The quantitative estimate of drug-likeness (QED) is 0.849. The van der Waals surface area contributed by atoms with Crippen molar-refractivity contribution in [3.05, 3.63) is 23.0 Å². The maximum Gasteiger partial charge on any atom is 0.407 e. The first-order valence-corrected chi connectivity index (χ1v) is 7.96. The lowest BCUT2D eigenvalue weighted by atomic mass is 10.2. The normalized spacial score (nSPS) is 13.0. The molecule has 0 fully saturated rings. The monoisotopic (exact) mass is 309 g/mol. The molecule has 0 aliphatic rings. The molecule has 2 N–H and O–H groups in total. The third-order valence-electron chi connectivity index (χ3n) is 3.85. The average Bonchev–Trinajstić information content (AvgIpc) is 2.64. The first kappa shape index (κ1) is 18.6. The first-order valence-electron chi connectivity index (χ1n) is 7.96. The van der Waals surface area contributed by atoms with Crippen molar-refractivity contribution in [3.63, 3.8) is 0 Å². The fraction of sp³-hybridized carbons (Fsp3) is 0.706. The van der Waals surface area contributed by atoms with Gasteiger partial charge in [0.25, 0.3) is 0 Å². The predicted octanol–water partition coefficient (Wildman–Crippen LogP) is 3.03. The van der Waals surface area contributed by atoms with Crippen molar-refractivity contribution < 1.29 is 9.53 Å². The van der Waals surface area contributed by atoms with Gasteiger partial charge in [0.05, 0.1) is 0 Å². The number of nitrogens with zero attached hydrogens (tertiary/aromatic N) is 1. The fourth-order valence-corrected chi connectivity index (χ4v) is 2.25. The molecular formula is C17H31N3O2. The van der Waals surface area contributed by atoms with E-state index in [0.29, 0.717) is 6.54 Å². The molecule has 1 atom stereocenters. The highest BCUT2D eigenvalue weighted by atomic mass is 16.6. The molecule has 126 valence electrons. The molecule has 0 aliphatic heterocycles. The Morgan fingerprint density at radius 1 is 1.36 bits per heavy atom. The number of amides is 1. The van der Waals surface area contributed by atoms with Gasteiger partial charge in [-0.3, -0.25) is 0 Å². The fourth-order valence-electron chi connectivity index (χ4n) is 2.25. The van der Waals surface area contributed by atoms with Crippen molar-refractivity contribution in [1.82, 2.24) is 15.2 Å². The van der Waals surface area contributed by atoms with E-state index in [1.165, 1.54) is 17.0 Å². The summed E-state index contributed by atoms with van der Waals surface area (Å²) in [6, 6.07) is 2.43. The molecule has 1 rings (SSSR count). The van der Waals surface area contributed by atoms with Crippen LogP contribution < -0.4 is 10.6 Å². The summed E-state index contributed by atoms with van der Waals surface area (Å²) in [7, 11) is 2.08. The molecule has 0 radical (unpaired) electrons. The molecule has 1 unspecified atom stereocenters. The van der Waals surface area contributed by atoms with Crippen LogP contribution >= 0.6 is 0 Å². The summed E-state index contributed by atoms with van der Waals surface area (Å²) in [5, 5.41) is 6.33. The molecule has 1 aromatic rings. The number of hydrogen-bond donors (Lipinski definition) is 2. The van der Waals surface area contributed by atoms with E-state index in [-0.39, 0.29) is 12.1 Å². The SMILES string of the molecule is CCC(CNC(=O)OC(C)(C)C)NCc1cc(C)n(C)c1C. The van der Waals surface area contributed by atoms with Gasteiger partial charge in [-0.1, -0.05) is 6.92 Å². The zero-order chi connectivity index (χ0) is 16.9. The smallest absolute Gasteiger partial charge is 0.407 e. The molecule has 1 aromatic heterocycles. The van der Waals surface area contributed by atoms with Crippen molar-refractivity contribution >= 4 is 6.09 Å². The van der Waals surface area contributed by atoms with Gasteiger partial charge in [-0.15, -0.1) is 0 Å². The topological polar surface area (TPSA) is 55.3 Å². The van der Waals surface area contributed by atoms with Crippen LogP contribution in [0.1, 0.15) is 51.1 Å². The third kappa shape index (κ3) is 5.72. The zero-order valence-corrected chi connectivity index (χ0v) is 15.0. The van der Waals surface area contributed by atoms with Gasteiger partial charge in [-0.25, -0.2) is 4.79 Å². The van der Waals surface area contributed by atoms with Crippen LogP contribution in [0.4, 0.5) is 4.79 Å². The predicted molar refractivity (Wildman–Crippen MR) is 90.0 cm³/mol. The van der Waals surface area contributed by atoms with Crippen LogP contribution in [0.5, 0.6) is 0 Å². The van der Waals surface area contributed by atoms with Crippen LogP contribution in [-0.4, -0.2) is 28.8 Å². The van der Waals surface area contributed by atoms with Gasteiger partial charge < -0.3 is 19.9 Å². The Balaban J connectivity index is 2.45. The van der Waals surface area contributed by atoms with E-state index in [1.54, 1.807) is 0 Å². The lowest BCUT2D eigenvalue weighted by molar-refractivity contribution is 0.0522. The number of alkyl carbamates (subject to hydrolysis) is 1. The van der Waals surface area contributed by atoms with Crippen LogP contribution in [0.2, 0.25) is 0 Å². The lowest BCUT2D eigenvalue weighted by Crippen LogP contribution is -2.42. The first-order chi connectivity index (χ1) is 10.1. The van der Waals surface area contributed by atoms with Gasteiger partial charge in [0, 0.05) is 37.6 Å². The number of nitrogens with one attached hydrogen (secondary N) is 2. The van der Waals surface area contributed by atoms with E-state index in [2.05, 4.69) is 49.1 Å². The molecule has 0 aromatic carbocycles. The van der Waals surface area contributed by atoms with Crippen LogP contribution in [0.15, 0.2) is 6.07 Å². The van der Waals surface area contributed by atoms with Crippen LogP contribution in [0.25, 0.3) is 0 Å². The summed E-state index contributed by atoms with van der Waals surface area (Å²) in [4.78, 5) is 11.7. The Kier molecular flexibility index (Phi) is 6.48. The van der Waals surface area contributed by atoms with Crippen molar-refractivity contribution in [2.75, 3.05) is 6.54 Å². The second-order valence-electron chi connectivity index (χ2n) is 6.82. The van der Waals surface area contributed by atoms with Gasteiger partial charge in [-0.05, 0) is 52.7 Å². The van der Waals surface area contributed by atoms with E-state index in [0.717, 1.165) is 13.0 Å². The Labute approximate surface area is 134 Å². The Morgan fingerprint density at radius 2 is 2.00 bits per heavy atom. The Morgan fingerprint density at radius 3 is 2.45 bits per heavy atom. The van der Waals surface area contributed by atoms with E-state index in [1.807, 2.05) is 20.8 Å².